The number of hydrogen-bond donors (Lipinski definition) is 1. The van der Waals surface area contributed by atoms with Gasteiger partial charge in [-0.05, 0) is 25.1 Å². The van der Waals surface area contributed by atoms with Gasteiger partial charge in [-0.2, -0.15) is 0 Å². The lowest BCUT2D eigenvalue weighted by Gasteiger charge is -2.06. The number of nitrogens with one attached hydrogen (secondary N) is 1. The van der Waals surface area contributed by atoms with Crippen LogP contribution in [0.3, 0.4) is 0 Å². The molecular formula is C16H16N4O2S2. The minimum absolute atomic E-state index is 0.290. The summed E-state index contributed by atoms with van der Waals surface area (Å²) in [7, 11) is -3.20. The van der Waals surface area contributed by atoms with Crippen LogP contribution in [0.4, 0.5) is 5.95 Å². The second kappa shape index (κ2) is 6.66. The molecule has 0 amide bonds. The molecule has 0 spiro atoms. The normalized spacial score (nSPS) is 11.4. The van der Waals surface area contributed by atoms with E-state index in [1.54, 1.807) is 47.9 Å². The van der Waals surface area contributed by atoms with Crippen LogP contribution in [0.15, 0.2) is 47.6 Å². The Bertz CT molecular complexity index is 950. The van der Waals surface area contributed by atoms with Gasteiger partial charge in [0.2, 0.25) is 5.95 Å². The molecule has 3 aromatic rings. The maximum Gasteiger partial charge on any atom is 0.223 e. The van der Waals surface area contributed by atoms with E-state index in [9.17, 15) is 8.42 Å². The van der Waals surface area contributed by atoms with Crippen LogP contribution in [0.2, 0.25) is 0 Å². The molecule has 0 unspecified atom stereocenters. The monoisotopic (exact) mass is 360 g/mol. The molecule has 0 saturated heterocycles. The third kappa shape index (κ3) is 3.95. The molecule has 124 valence electrons. The average Bonchev–Trinajstić information content (AvgIpc) is 2.98. The Morgan fingerprint density at radius 1 is 1.12 bits per heavy atom. The van der Waals surface area contributed by atoms with Crippen molar-refractivity contribution in [1.82, 2.24) is 15.0 Å². The number of thiazole rings is 1. The standard InChI is InChI=1S/C16H16N4O2S2/c1-11-9-18-15(23-11)10-19-16-17-8-7-14(20-16)12-3-5-13(6-4-12)24(2,21)22/h3-9H,10H2,1-2H3,(H,17,19,20). The van der Waals surface area contributed by atoms with Crippen molar-refractivity contribution >= 4 is 27.1 Å². The maximum absolute atomic E-state index is 11.5. The van der Waals surface area contributed by atoms with E-state index in [2.05, 4.69) is 20.3 Å². The Morgan fingerprint density at radius 2 is 1.88 bits per heavy atom. The number of benzene rings is 1. The van der Waals surface area contributed by atoms with Gasteiger partial charge >= 0.3 is 0 Å². The second-order valence-corrected chi connectivity index (χ2v) is 8.62. The van der Waals surface area contributed by atoms with E-state index in [0.717, 1.165) is 21.1 Å². The smallest absolute Gasteiger partial charge is 0.223 e. The summed E-state index contributed by atoms with van der Waals surface area (Å²) >= 11 is 1.63. The third-order valence-corrected chi connectivity index (χ3v) is 5.34. The molecule has 24 heavy (non-hydrogen) atoms. The van der Waals surface area contributed by atoms with Crippen LogP contribution < -0.4 is 5.32 Å². The lowest BCUT2D eigenvalue weighted by molar-refractivity contribution is 0.602. The highest BCUT2D eigenvalue weighted by Gasteiger charge is 2.08. The van der Waals surface area contributed by atoms with Gasteiger partial charge in [0.25, 0.3) is 0 Å². The van der Waals surface area contributed by atoms with Crippen LogP contribution in [0.5, 0.6) is 0 Å². The average molecular weight is 360 g/mol. The molecule has 0 saturated carbocycles. The third-order valence-electron chi connectivity index (χ3n) is 3.30. The predicted molar refractivity (Wildman–Crippen MR) is 94.8 cm³/mol. The summed E-state index contributed by atoms with van der Waals surface area (Å²) in [5.74, 6) is 0.507. The molecule has 2 heterocycles. The predicted octanol–water partition coefficient (Wildman–Crippen LogP) is 2.92. The summed E-state index contributed by atoms with van der Waals surface area (Å²) in [4.78, 5) is 14.4. The van der Waals surface area contributed by atoms with E-state index in [-0.39, 0.29) is 4.90 Å². The largest absolute Gasteiger partial charge is 0.348 e. The lowest BCUT2D eigenvalue weighted by atomic mass is 10.1. The molecule has 8 heteroatoms. The van der Waals surface area contributed by atoms with Gasteiger partial charge in [0.1, 0.15) is 5.01 Å². The van der Waals surface area contributed by atoms with Crippen molar-refractivity contribution in [3.8, 4) is 11.3 Å². The summed E-state index contributed by atoms with van der Waals surface area (Å²) in [6, 6.07) is 8.43. The number of sulfone groups is 1. The molecule has 0 radical (unpaired) electrons. The van der Waals surface area contributed by atoms with E-state index in [0.29, 0.717) is 12.5 Å². The Balaban J connectivity index is 1.77. The SMILES string of the molecule is Cc1cnc(CNc2nccc(-c3ccc(S(C)(=O)=O)cc3)n2)s1. The van der Waals surface area contributed by atoms with E-state index in [1.165, 1.54) is 6.26 Å². The first-order valence-corrected chi connectivity index (χ1v) is 9.91. The fraction of sp³-hybridized carbons (Fsp3) is 0.188. The first-order chi connectivity index (χ1) is 11.4. The van der Waals surface area contributed by atoms with E-state index in [4.69, 9.17) is 0 Å². The molecule has 1 aromatic carbocycles. The van der Waals surface area contributed by atoms with Gasteiger partial charge in [0.05, 0.1) is 17.1 Å². The van der Waals surface area contributed by atoms with Gasteiger partial charge < -0.3 is 5.32 Å². The Kier molecular flexibility index (Phi) is 4.59. The van der Waals surface area contributed by atoms with Crippen LogP contribution >= 0.6 is 11.3 Å². The topological polar surface area (TPSA) is 84.8 Å². The molecule has 0 bridgehead atoms. The molecule has 1 N–H and O–H groups in total. The molecule has 0 aliphatic heterocycles. The molecule has 0 fully saturated rings. The Morgan fingerprint density at radius 3 is 2.50 bits per heavy atom. The van der Waals surface area contributed by atoms with Crippen molar-refractivity contribution in [2.24, 2.45) is 0 Å². The fourth-order valence-corrected chi connectivity index (χ4v) is 3.47. The van der Waals surface area contributed by atoms with Crippen LogP contribution in [0.25, 0.3) is 11.3 Å². The van der Waals surface area contributed by atoms with Gasteiger partial charge in [0, 0.05) is 29.1 Å². The zero-order valence-electron chi connectivity index (χ0n) is 13.2. The van der Waals surface area contributed by atoms with Crippen molar-refractivity contribution in [3.05, 3.63) is 52.6 Å². The number of rotatable bonds is 5. The summed E-state index contributed by atoms with van der Waals surface area (Å²) in [6.07, 6.45) is 4.69. The van der Waals surface area contributed by atoms with E-state index < -0.39 is 9.84 Å². The Hall–Kier alpha value is -2.32. The molecule has 3 rings (SSSR count). The van der Waals surface area contributed by atoms with Gasteiger partial charge in [-0.15, -0.1) is 11.3 Å². The van der Waals surface area contributed by atoms with Crippen molar-refractivity contribution in [2.75, 3.05) is 11.6 Å². The van der Waals surface area contributed by atoms with Crippen LogP contribution in [-0.2, 0) is 16.4 Å². The number of anilines is 1. The number of aryl methyl sites for hydroxylation is 1. The van der Waals surface area contributed by atoms with Gasteiger partial charge in [-0.3, -0.25) is 0 Å². The molecule has 0 aliphatic rings. The zero-order chi connectivity index (χ0) is 17.2. The molecular weight excluding hydrogens is 344 g/mol. The highest BCUT2D eigenvalue weighted by Crippen LogP contribution is 2.20. The molecule has 0 atom stereocenters. The second-order valence-electron chi connectivity index (χ2n) is 5.28. The number of hydrogen-bond acceptors (Lipinski definition) is 7. The first-order valence-electron chi connectivity index (χ1n) is 7.20. The highest BCUT2D eigenvalue weighted by molar-refractivity contribution is 7.90. The van der Waals surface area contributed by atoms with Crippen molar-refractivity contribution in [3.63, 3.8) is 0 Å². The van der Waals surface area contributed by atoms with Crippen molar-refractivity contribution in [2.45, 2.75) is 18.4 Å². The summed E-state index contributed by atoms with van der Waals surface area (Å²) in [5.41, 5.74) is 1.56. The van der Waals surface area contributed by atoms with Gasteiger partial charge in [-0.1, -0.05) is 12.1 Å². The van der Waals surface area contributed by atoms with Crippen molar-refractivity contribution in [1.29, 1.82) is 0 Å². The van der Waals surface area contributed by atoms with Crippen molar-refractivity contribution < 1.29 is 8.42 Å². The minimum Gasteiger partial charge on any atom is -0.348 e. The summed E-state index contributed by atoms with van der Waals surface area (Å²) in [5, 5.41) is 4.12. The highest BCUT2D eigenvalue weighted by atomic mass is 32.2. The van der Waals surface area contributed by atoms with Gasteiger partial charge in [0.15, 0.2) is 9.84 Å². The zero-order valence-corrected chi connectivity index (χ0v) is 14.9. The van der Waals surface area contributed by atoms with Gasteiger partial charge in [-0.25, -0.2) is 23.4 Å². The fourth-order valence-electron chi connectivity index (χ4n) is 2.12. The van der Waals surface area contributed by atoms with Crippen LogP contribution in [-0.4, -0.2) is 29.6 Å². The number of aromatic nitrogens is 3. The Labute approximate surface area is 144 Å². The maximum atomic E-state index is 11.5. The van der Waals surface area contributed by atoms with Crippen LogP contribution in [0.1, 0.15) is 9.88 Å². The first kappa shape index (κ1) is 16.5. The van der Waals surface area contributed by atoms with E-state index >= 15 is 0 Å². The minimum atomic E-state index is -3.20. The quantitative estimate of drug-likeness (QED) is 0.753. The summed E-state index contributed by atoms with van der Waals surface area (Å²) in [6.45, 7) is 2.58. The molecule has 0 aliphatic carbocycles. The van der Waals surface area contributed by atoms with Crippen LogP contribution in [0, 0.1) is 6.92 Å². The van der Waals surface area contributed by atoms with E-state index in [1.807, 2.05) is 13.1 Å². The molecule has 2 aromatic heterocycles. The summed E-state index contributed by atoms with van der Waals surface area (Å²) < 4.78 is 23.0. The number of nitrogens with zero attached hydrogens (tertiary/aromatic N) is 3. The lowest BCUT2D eigenvalue weighted by Crippen LogP contribution is -2.03. The molecule has 6 nitrogen and oxygen atoms in total.